The third kappa shape index (κ3) is 2.90. The van der Waals surface area contributed by atoms with E-state index >= 15 is 0 Å². The van der Waals surface area contributed by atoms with Crippen molar-refractivity contribution in [3.63, 3.8) is 0 Å². The van der Waals surface area contributed by atoms with Gasteiger partial charge in [-0.2, -0.15) is 5.10 Å². The van der Waals surface area contributed by atoms with Gasteiger partial charge in [0.2, 0.25) is 5.91 Å². The van der Waals surface area contributed by atoms with E-state index in [9.17, 15) is 4.79 Å². The standard InChI is InChI=1S/C16H19N3O3/c1-12(19-9-5-8-17-19)16(20)18(2)10-13-11-21-14-6-3-4-7-15(14)22-13/h3-9,12-13H,10-11H2,1-2H3/t12-,13+/m1/s1. The summed E-state index contributed by atoms with van der Waals surface area (Å²) in [6.45, 7) is 2.74. The summed E-state index contributed by atoms with van der Waals surface area (Å²) in [4.78, 5) is 14.1. The predicted octanol–water partition coefficient (Wildman–Crippen LogP) is 1.74. The normalized spacial score (nSPS) is 17.8. The van der Waals surface area contributed by atoms with Crippen LogP contribution >= 0.6 is 0 Å². The maximum atomic E-state index is 12.4. The molecule has 2 atom stereocenters. The van der Waals surface area contributed by atoms with Gasteiger partial charge in [0.05, 0.1) is 6.54 Å². The van der Waals surface area contributed by atoms with Gasteiger partial charge in [-0.1, -0.05) is 12.1 Å². The summed E-state index contributed by atoms with van der Waals surface area (Å²) >= 11 is 0. The number of hydrogen-bond acceptors (Lipinski definition) is 4. The minimum atomic E-state index is -0.336. The zero-order chi connectivity index (χ0) is 15.5. The highest BCUT2D eigenvalue weighted by Gasteiger charge is 2.26. The Hall–Kier alpha value is -2.50. The van der Waals surface area contributed by atoms with Crippen molar-refractivity contribution in [2.75, 3.05) is 20.2 Å². The first-order valence-corrected chi connectivity index (χ1v) is 7.27. The molecule has 116 valence electrons. The summed E-state index contributed by atoms with van der Waals surface area (Å²) in [5.41, 5.74) is 0. The van der Waals surface area contributed by atoms with E-state index in [1.807, 2.05) is 31.2 Å². The largest absolute Gasteiger partial charge is 0.486 e. The number of para-hydroxylation sites is 2. The molecule has 3 rings (SSSR count). The average Bonchev–Trinajstić information content (AvgIpc) is 3.07. The number of carbonyl (C=O) groups is 1. The fraction of sp³-hybridized carbons (Fsp3) is 0.375. The molecule has 1 aromatic heterocycles. The molecule has 0 saturated carbocycles. The van der Waals surface area contributed by atoms with E-state index in [-0.39, 0.29) is 18.1 Å². The third-order valence-corrected chi connectivity index (χ3v) is 3.70. The van der Waals surface area contributed by atoms with Crippen molar-refractivity contribution in [1.82, 2.24) is 14.7 Å². The molecule has 0 spiro atoms. The van der Waals surface area contributed by atoms with Crippen molar-refractivity contribution in [2.45, 2.75) is 19.1 Å². The molecule has 2 heterocycles. The van der Waals surface area contributed by atoms with Crippen LogP contribution in [0.15, 0.2) is 42.7 Å². The summed E-state index contributed by atoms with van der Waals surface area (Å²) in [6, 6.07) is 9.02. The van der Waals surface area contributed by atoms with Gasteiger partial charge < -0.3 is 14.4 Å². The van der Waals surface area contributed by atoms with Crippen LogP contribution in [-0.2, 0) is 4.79 Å². The van der Waals surface area contributed by atoms with Crippen molar-refractivity contribution in [3.8, 4) is 11.5 Å². The van der Waals surface area contributed by atoms with E-state index < -0.39 is 0 Å². The first kappa shape index (κ1) is 14.4. The molecular formula is C16H19N3O3. The van der Waals surface area contributed by atoms with Gasteiger partial charge in [-0.05, 0) is 25.1 Å². The Balaban J connectivity index is 1.60. The molecule has 2 aromatic rings. The zero-order valence-electron chi connectivity index (χ0n) is 12.7. The number of likely N-dealkylation sites (N-methyl/N-ethyl adjacent to an activating group) is 1. The smallest absolute Gasteiger partial charge is 0.247 e. The van der Waals surface area contributed by atoms with Crippen LogP contribution in [0.1, 0.15) is 13.0 Å². The molecule has 1 amide bonds. The molecule has 0 fully saturated rings. The fourth-order valence-electron chi connectivity index (χ4n) is 2.49. The Bertz CT molecular complexity index is 642. The second kappa shape index (κ2) is 6.09. The van der Waals surface area contributed by atoms with Gasteiger partial charge in [-0.3, -0.25) is 9.48 Å². The number of fused-ring (bicyclic) bond motifs is 1. The summed E-state index contributed by atoms with van der Waals surface area (Å²) in [5.74, 6) is 1.46. The first-order valence-electron chi connectivity index (χ1n) is 7.27. The van der Waals surface area contributed by atoms with Crippen LogP contribution in [0.4, 0.5) is 0 Å². The highest BCUT2D eigenvalue weighted by molar-refractivity contribution is 5.79. The number of aromatic nitrogens is 2. The van der Waals surface area contributed by atoms with E-state index in [1.54, 1.807) is 35.1 Å². The second-order valence-corrected chi connectivity index (χ2v) is 5.38. The zero-order valence-corrected chi connectivity index (χ0v) is 12.7. The lowest BCUT2D eigenvalue weighted by Crippen LogP contribution is -2.43. The number of hydrogen-bond donors (Lipinski definition) is 0. The van der Waals surface area contributed by atoms with Gasteiger partial charge in [-0.25, -0.2) is 0 Å². The lowest BCUT2D eigenvalue weighted by Gasteiger charge is -2.30. The summed E-state index contributed by atoms with van der Waals surface area (Å²) < 4.78 is 13.2. The Kier molecular flexibility index (Phi) is 4.00. The fourth-order valence-corrected chi connectivity index (χ4v) is 2.49. The van der Waals surface area contributed by atoms with E-state index in [4.69, 9.17) is 9.47 Å². The van der Waals surface area contributed by atoms with Crippen molar-refractivity contribution >= 4 is 5.91 Å². The molecule has 0 bridgehead atoms. The van der Waals surface area contributed by atoms with E-state index in [2.05, 4.69) is 5.10 Å². The minimum Gasteiger partial charge on any atom is -0.486 e. The van der Waals surface area contributed by atoms with Crippen LogP contribution in [-0.4, -0.2) is 46.9 Å². The quantitative estimate of drug-likeness (QED) is 0.863. The van der Waals surface area contributed by atoms with Gasteiger partial charge in [0, 0.05) is 19.4 Å². The molecule has 6 heteroatoms. The third-order valence-electron chi connectivity index (χ3n) is 3.70. The highest BCUT2D eigenvalue weighted by Crippen LogP contribution is 2.31. The summed E-state index contributed by atoms with van der Waals surface area (Å²) in [6.07, 6.45) is 3.28. The van der Waals surface area contributed by atoms with Crippen LogP contribution < -0.4 is 9.47 Å². The first-order chi connectivity index (χ1) is 10.6. The van der Waals surface area contributed by atoms with Gasteiger partial charge >= 0.3 is 0 Å². The Labute approximate surface area is 129 Å². The van der Waals surface area contributed by atoms with Gasteiger partial charge in [0.1, 0.15) is 12.6 Å². The molecule has 0 radical (unpaired) electrons. The second-order valence-electron chi connectivity index (χ2n) is 5.38. The molecule has 1 aromatic carbocycles. The number of benzene rings is 1. The van der Waals surface area contributed by atoms with Crippen molar-refractivity contribution in [1.29, 1.82) is 0 Å². The minimum absolute atomic E-state index is 0.00819. The average molecular weight is 301 g/mol. The number of carbonyl (C=O) groups excluding carboxylic acids is 1. The summed E-state index contributed by atoms with van der Waals surface area (Å²) in [5, 5.41) is 4.11. The molecule has 6 nitrogen and oxygen atoms in total. The Morgan fingerprint density at radius 2 is 2.18 bits per heavy atom. The van der Waals surface area contributed by atoms with Gasteiger partial charge in [0.25, 0.3) is 0 Å². The van der Waals surface area contributed by atoms with Crippen LogP contribution in [0, 0.1) is 0 Å². The number of nitrogens with zero attached hydrogens (tertiary/aromatic N) is 3. The van der Waals surface area contributed by atoms with Crippen LogP contribution in [0.25, 0.3) is 0 Å². The van der Waals surface area contributed by atoms with E-state index in [1.165, 1.54) is 0 Å². The lowest BCUT2D eigenvalue weighted by molar-refractivity contribution is -0.134. The van der Waals surface area contributed by atoms with Crippen molar-refractivity contribution in [3.05, 3.63) is 42.7 Å². The molecule has 0 unspecified atom stereocenters. The maximum Gasteiger partial charge on any atom is 0.247 e. The molecule has 0 aliphatic carbocycles. The molecule has 22 heavy (non-hydrogen) atoms. The maximum absolute atomic E-state index is 12.4. The molecule has 0 N–H and O–H groups in total. The number of rotatable bonds is 4. The molecule has 0 saturated heterocycles. The van der Waals surface area contributed by atoms with Crippen molar-refractivity contribution < 1.29 is 14.3 Å². The van der Waals surface area contributed by atoms with Crippen LogP contribution in [0.3, 0.4) is 0 Å². The van der Waals surface area contributed by atoms with Crippen LogP contribution in [0.2, 0.25) is 0 Å². The Morgan fingerprint density at radius 1 is 1.41 bits per heavy atom. The Morgan fingerprint density at radius 3 is 2.91 bits per heavy atom. The van der Waals surface area contributed by atoms with Crippen LogP contribution in [0.5, 0.6) is 11.5 Å². The summed E-state index contributed by atoms with van der Waals surface area (Å²) in [7, 11) is 1.77. The lowest BCUT2D eigenvalue weighted by atomic mass is 10.2. The van der Waals surface area contributed by atoms with E-state index in [0.717, 1.165) is 11.5 Å². The monoisotopic (exact) mass is 301 g/mol. The SMILES string of the molecule is C[C@H](C(=O)N(C)C[C@H]1COc2ccccc2O1)n1cccn1. The predicted molar refractivity (Wildman–Crippen MR) is 80.9 cm³/mol. The van der Waals surface area contributed by atoms with Crippen molar-refractivity contribution in [2.24, 2.45) is 0 Å². The number of ether oxygens (including phenoxy) is 2. The van der Waals surface area contributed by atoms with Gasteiger partial charge in [0.15, 0.2) is 17.6 Å². The molecule has 1 aliphatic heterocycles. The molecular weight excluding hydrogens is 282 g/mol. The molecule has 1 aliphatic rings. The number of amides is 1. The topological polar surface area (TPSA) is 56.6 Å². The highest BCUT2D eigenvalue weighted by atomic mass is 16.6. The van der Waals surface area contributed by atoms with E-state index in [0.29, 0.717) is 13.2 Å². The van der Waals surface area contributed by atoms with Gasteiger partial charge in [-0.15, -0.1) is 0 Å².